The largest absolute Gasteiger partial charge is 0.550 e. The van der Waals surface area contributed by atoms with Gasteiger partial charge in [-0.1, -0.05) is 18.2 Å². The lowest BCUT2D eigenvalue weighted by Crippen LogP contribution is -2.27. The number of aliphatic carboxylic acids is 1. The number of aromatic nitrogens is 1. The first kappa shape index (κ1) is 15.8. The summed E-state index contributed by atoms with van der Waals surface area (Å²) in [6.07, 6.45) is 0.980. The summed E-state index contributed by atoms with van der Waals surface area (Å²) >= 11 is 0. The molecule has 0 spiro atoms. The van der Waals surface area contributed by atoms with Crippen LogP contribution in [-0.2, 0) is 16.0 Å². The molecule has 0 saturated heterocycles. The lowest BCUT2D eigenvalue weighted by atomic mass is 10.1. The number of carboxylic acids is 1. The molecule has 5 nitrogen and oxygen atoms in total. The van der Waals surface area contributed by atoms with Crippen LogP contribution in [0, 0.1) is 0 Å². The summed E-state index contributed by atoms with van der Waals surface area (Å²) in [6.45, 7) is 5.40. The average molecular weight is 300 g/mol. The highest BCUT2D eigenvalue weighted by atomic mass is 16.6. The van der Waals surface area contributed by atoms with E-state index in [1.807, 2.05) is 6.07 Å². The number of carbonyl (C=O) groups excluding carboxylic acids is 2. The Bertz CT molecular complexity index is 695. The van der Waals surface area contributed by atoms with Gasteiger partial charge in [0.25, 0.3) is 0 Å². The van der Waals surface area contributed by atoms with E-state index in [1.54, 1.807) is 57.3 Å². The molecule has 0 atom stereocenters. The normalized spacial score (nSPS) is 11.2. The van der Waals surface area contributed by atoms with Gasteiger partial charge in [0.15, 0.2) is 0 Å². The van der Waals surface area contributed by atoms with E-state index >= 15 is 0 Å². The Hall–Kier alpha value is -2.56. The number of ether oxygens (including phenoxy) is 1. The molecule has 0 aliphatic carbocycles. The highest BCUT2D eigenvalue weighted by molar-refractivity contribution is 5.79. The van der Waals surface area contributed by atoms with Gasteiger partial charge in [-0.15, -0.1) is 0 Å². The third kappa shape index (κ3) is 3.97. The molecule has 0 amide bonds. The number of carbonyl (C=O) groups is 2. The standard InChI is InChI=1S/C17H19NO4/c1-17(2,3)22-16(21)18-9-5-8-14(18)13-7-4-6-12(10-13)11-15(19)20/h4-10H,11H2,1-3H3,(H,19,20)/p-1. The highest BCUT2D eigenvalue weighted by Crippen LogP contribution is 2.23. The molecule has 0 saturated carbocycles. The smallest absolute Gasteiger partial charge is 0.418 e. The van der Waals surface area contributed by atoms with Gasteiger partial charge in [-0.3, -0.25) is 4.57 Å². The SMILES string of the molecule is CC(C)(C)OC(=O)n1cccc1-c1cccc(CC(=O)[O-])c1. The van der Waals surface area contributed by atoms with E-state index in [4.69, 9.17) is 4.74 Å². The fourth-order valence-electron chi connectivity index (χ4n) is 2.09. The summed E-state index contributed by atoms with van der Waals surface area (Å²) in [7, 11) is 0. The molecule has 1 heterocycles. The number of hydrogen-bond acceptors (Lipinski definition) is 4. The maximum Gasteiger partial charge on any atom is 0.418 e. The van der Waals surface area contributed by atoms with Crippen LogP contribution in [0.2, 0.25) is 0 Å². The van der Waals surface area contributed by atoms with E-state index in [1.165, 1.54) is 4.57 Å². The van der Waals surface area contributed by atoms with Gasteiger partial charge in [-0.05, 0) is 50.1 Å². The van der Waals surface area contributed by atoms with E-state index in [-0.39, 0.29) is 6.42 Å². The number of rotatable bonds is 3. The third-order valence-electron chi connectivity index (χ3n) is 2.91. The van der Waals surface area contributed by atoms with Crippen molar-refractivity contribution < 1.29 is 19.4 Å². The molecule has 2 rings (SSSR count). The number of nitrogens with zero attached hydrogens (tertiary/aromatic N) is 1. The van der Waals surface area contributed by atoms with Crippen molar-refractivity contribution in [3.8, 4) is 11.3 Å². The topological polar surface area (TPSA) is 71.4 Å². The predicted molar refractivity (Wildman–Crippen MR) is 80.2 cm³/mol. The Morgan fingerprint density at radius 3 is 2.55 bits per heavy atom. The van der Waals surface area contributed by atoms with E-state index < -0.39 is 17.7 Å². The van der Waals surface area contributed by atoms with Crippen LogP contribution < -0.4 is 5.11 Å². The summed E-state index contributed by atoms with van der Waals surface area (Å²) in [5.41, 5.74) is 1.42. The van der Waals surface area contributed by atoms with E-state index in [2.05, 4.69) is 0 Å². The van der Waals surface area contributed by atoms with Gasteiger partial charge >= 0.3 is 6.09 Å². The van der Waals surface area contributed by atoms with Gasteiger partial charge in [-0.25, -0.2) is 4.79 Å². The molecular weight excluding hydrogens is 282 g/mol. The highest BCUT2D eigenvalue weighted by Gasteiger charge is 2.19. The van der Waals surface area contributed by atoms with Crippen LogP contribution >= 0.6 is 0 Å². The van der Waals surface area contributed by atoms with E-state index in [0.717, 1.165) is 5.56 Å². The molecule has 0 aliphatic heterocycles. The molecule has 0 fully saturated rings. The summed E-state index contributed by atoms with van der Waals surface area (Å²) < 4.78 is 6.77. The second-order valence-corrected chi connectivity index (χ2v) is 5.99. The van der Waals surface area contributed by atoms with Gasteiger partial charge in [0.05, 0.1) is 5.69 Å². The van der Waals surface area contributed by atoms with Crippen LogP contribution in [0.15, 0.2) is 42.6 Å². The lowest BCUT2D eigenvalue weighted by Gasteiger charge is -2.20. The Labute approximate surface area is 129 Å². The van der Waals surface area contributed by atoms with Gasteiger partial charge in [-0.2, -0.15) is 0 Å². The Morgan fingerprint density at radius 2 is 1.91 bits per heavy atom. The molecule has 5 heteroatoms. The van der Waals surface area contributed by atoms with Crippen molar-refractivity contribution >= 4 is 12.1 Å². The Kier molecular flexibility index (Phi) is 4.35. The minimum Gasteiger partial charge on any atom is -0.550 e. The average Bonchev–Trinajstić information content (AvgIpc) is 2.85. The van der Waals surface area contributed by atoms with Crippen LogP contribution in [0.3, 0.4) is 0 Å². The van der Waals surface area contributed by atoms with Crippen LogP contribution in [0.4, 0.5) is 4.79 Å². The minimum atomic E-state index is -1.14. The van der Waals surface area contributed by atoms with Gasteiger partial charge in [0, 0.05) is 18.6 Å². The Morgan fingerprint density at radius 1 is 1.18 bits per heavy atom. The van der Waals surface area contributed by atoms with E-state index in [9.17, 15) is 14.7 Å². The van der Waals surface area contributed by atoms with Gasteiger partial charge in [0.1, 0.15) is 5.60 Å². The minimum absolute atomic E-state index is 0.166. The van der Waals surface area contributed by atoms with Crippen molar-refractivity contribution in [2.75, 3.05) is 0 Å². The second-order valence-electron chi connectivity index (χ2n) is 5.99. The monoisotopic (exact) mass is 300 g/mol. The molecular formula is C17H18NO4-. The van der Waals surface area contributed by atoms with E-state index in [0.29, 0.717) is 11.3 Å². The lowest BCUT2D eigenvalue weighted by molar-refractivity contribution is -0.304. The summed E-state index contributed by atoms with van der Waals surface area (Å²) in [4.78, 5) is 22.9. The number of carboxylic acid groups (broad SMARTS) is 1. The first-order valence-electron chi connectivity index (χ1n) is 6.96. The molecule has 0 bridgehead atoms. The first-order valence-corrected chi connectivity index (χ1v) is 6.96. The predicted octanol–water partition coefficient (Wildman–Crippen LogP) is 2.23. The van der Waals surface area contributed by atoms with Crippen LogP contribution in [0.25, 0.3) is 11.3 Å². The molecule has 0 aliphatic rings. The quantitative estimate of drug-likeness (QED) is 0.871. The first-order chi connectivity index (χ1) is 10.3. The molecule has 22 heavy (non-hydrogen) atoms. The second kappa shape index (κ2) is 6.05. The summed E-state index contributed by atoms with van der Waals surface area (Å²) in [5, 5.41) is 10.7. The fourth-order valence-corrected chi connectivity index (χ4v) is 2.09. The summed E-state index contributed by atoms with van der Waals surface area (Å²) in [5.74, 6) is -1.14. The van der Waals surface area contributed by atoms with Crippen molar-refractivity contribution in [2.24, 2.45) is 0 Å². The van der Waals surface area contributed by atoms with Crippen molar-refractivity contribution in [3.63, 3.8) is 0 Å². The summed E-state index contributed by atoms with van der Waals surface area (Å²) in [6, 6.07) is 10.5. The van der Waals surface area contributed by atoms with Crippen LogP contribution in [0.5, 0.6) is 0 Å². The molecule has 116 valence electrons. The number of hydrogen-bond donors (Lipinski definition) is 0. The van der Waals surface area contributed by atoms with Crippen molar-refractivity contribution in [1.82, 2.24) is 4.57 Å². The van der Waals surface area contributed by atoms with Crippen molar-refractivity contribution in [1.29, 1.82) is 0 Å². The molecule has 0 radical (unpaired) electrons. The van der Waals surface area contributed by atoms with Gasteiger partial charge in [0.2, 0.25) is 0 Å². The fraction of sp³-hybridized carbons (Fsp3) is 0.294. The maximum absolute atomic E-state index is 12.2. The van der Waals surface area contributed by atoms with Gasteiger partial charge < -0.3 is 14.6 Å². The van der Waals surface area contributed by atoms with Crippen molar-refractivity contribution in [3.05, 3.63) is 48.2 Å². The zero-order chi connectivity index (χ0) is 16.3. The molecule has 0 unspecified atom stereocenters. The van der Waals surface area contributed by atoms with Crippen LogP contribution in [0.1, 0.15) is 26.3 Å². The van der Waals surface area contributed by atoms with Crippen molar-refractivity contribution in [2.45, 2.75) is 32.8 Å². The molecule has 1 aromatic heterocycles. The third-order valence-corrected chi connectivity index (χ3v) is 2.91. The van der Waals surface area contributed by atoms with Crippen LogP contribution in [-0.4, -0.2) is 22.2 Å². The zero-order valence-corrected chi connectivity index (χ0v) is 12.8. The maximum atomic E-state index is 12.2. The molecule has 2 aromatic rings. The zero-order valence-electron chi connectivity index (χ0n) is 12.8. The number of benzene rings is 1. The Balaban J connectivity index is 2.33. The molecule has 0 N–H and O–H groups in total. The molecule has 1 aromatic carbocycles.